The molecule has 2 aromatic carbocycles. The zero-order chi connectivity index (χ0) is 22.5. The molecule has 0 saturated heterocycles. The lowest BCUT2D eigenvalue weighted by atomic mass is 10.2. The zero-order valence-electron chi connectivity index (χ0n) is 16.7. The Morgan fingerprint density at radius 1 is 1.16 bits per heavy atom. The summed E-state index contributed by atoms with van der Waals surface area (Å²) in [5.74, 6) is -0.236. The monoisotopic (exact) mass is 469 g/mol. The van der Waals surface area contributed by atoms with Gasteiger partial charge in [-0.1, -0.05) is 29.3 Å². The number of amides is 1. The fraction of sp³-hybridized carbons (Fsp3) is 0.238. The zero-order valence-corrected chi connectivity index (χ0v) is 18.2. The lowest BCUT2D eigenvalue weighted by Crippen LogP contribution is -2.14. The molecule has 0 bridgehead atoms. The fourth-order valence-corrected chi connectivity index (χ4v) is 3.31. The van der Waals surface area contributed by atoms with Crippen LogP contribution in [0.5, 0.6) is 11.5 Å². The van der Waals surface area contributed by atoms with Crippen LogP contribution in [-0.2, 0) is 6.54 Å². The predicted molar refractivity (Wildman–Crippen MR) is 115 cm³/mol. The van der Waals surface area contributed by atoms with Gasteiger partial charge in [-0.05, 0) is 49.7 Å². The average molecular weight is 470 g/mol. The molecule has 3 aromatic rings. The van der Waals surface area contributed by atoms with Crippen molar-refractivity contribution in [2.45, 2.75) is 27.0 Å². The number of halogens is 4. The molecule has 0 aliphatic heterocycles. The van der Waals surface area contributed by atoms with Crippen LogP contribution >= 0.6 is 23.2 Å². The molecule has 164 valence electrons. The van der Waals surface area contributed by atoms with Crippen LogP contribution in [0.1, 0.15) is 28.5 Å². The summed E-state index contributed by atoms with van der Waals surface area (Å²) in [4.78, 5) is 12.6. The van der Waals surface area contributed by atoms with E-state index in [1.54, 1.807) is 29.8 Å². The first-order chi connectivity index (χ1) is 14.8. The molecule has 6 nitrogen and oxygen atoms in total. The first kappa shape index (κ1) is 22.8. The molecule has 0 spiro atoms. The molecule has 1 aromatic heterocycles. The second-order valence-electron chi connectivity index (χ2n) is 6.49. The third kappa shape index (κ3) is 5.86. The molecule has 0 saturated carbocycles. The molecule has 1 amide bonds. The number of nitrogens with one attached hydrogen (secondary N) is 1. The maximum Gasteiger partial charge on any atom is 0.387 e. The number of hydrogen-bond acceptors (Lipinski definition) is 4. The van der Waals surface area contributed by atoms with Crippen LogP contribution in [0.4, 0.5) is 14.6 Å². The van der Waals surface area contributed by atoms with Crippen molar-refractivity contribution in [2.24, 2.45) is 0 Å². The highest BCUT2D eigenvalue weighted by atomic mass is 35.5. The third-order valence-electron chi connectivity index (χ3n) is 4.28. The SMILES string of the molecule is CCOc1cc(C(=O)Nc2cc(C)n(Cc3ccc(Cl)cc3Cl)n2)ccc1OC(F)F. The summed E-state index contributed by atoms with van der Waals surface area (Å²) in [6, 6.07) is 10.9. The number of aromatic nitrogens is 2. The van der Waals surface area contributed by atoms with Gasteiger partial charge in [-0.15, -0.1) is 0 Å². The minimum absolute atomic E-state index is 0.0505. The third-order valence-corrected chi connectivity index (χ3v) is 4.87. The molecule has 0 radical (unpaired) electrons. The number of carbonyl (C=O) groups excluding carboxylic acids is 1. The minimum Gasteiger partial charge on any atom is -0.490 e. The minimum atomic E-state index is -3.00. The number of aryl methyl sites for hydroxylation is 1. The Hall–Kier alpha value is -2.84. The van der Waals surface area contributed by atoms with E-state index in [9.17, 15) is 13.6 Å². The Balaban J connectivity index is 1.76. The Labute approximate surface area is 187 Å². The van der Waals surface area contributed by atoms with Crippen LogP contribution in [-0.4, -0.2) is 28.9 Å². The molecule has 1 heterocycles. The van der Waals surface area contributed by atoms with Gasteiger partial charge >= 0.3 is 6.61 Å². The Morgan fingerprint density at radius 2 is 1.94 bits per heavy atom. The molecule has 0 aliphatic carbocycles. The Morgan fingerprint density at radius 3 is 2.61 bits per heavy atom. The smallest absolute Gasteiger partial charge is 0.387 e. The molecule has 3 rings (SSSR count). The number of alkyl halides is 2. The van der Waals surface area contributed by atoms with Gasteiger partial charge in [-0.2, -0.15) is 13.9 Å². The summed E-state index contributed by atoms with van der Waals surface area (Å²) >= 11 is 12.2. The number of ether oxygens (including phenoxy) is 2. The van der Waals surface area contributed by atoms with E-state index in [0.29, 0.717) is 22.4 Å². The molecule has 10 heteroatoms. The van der Waals surface area contributed by atoms with Gasteiger partial charge in [0.1, 0.15) is 0 Å². The van der Waals surface area contributed by atoms with E-state index in [4.69, 9.17) is 27.9 Å². The number of carbonyl (C=O) groups is 1. The standard InChI is InChI=1S/C21H19Cl2F2N3O3/c1-3-30-18-9-13(5-7-17(18)31-21(24)25)20(29)26-19-8-12(2)28(27-19)11-14-4-6-15(22)10-16(14)23/h4-10,21H,3,11H2,1-2H3,(H,26,27,29). The molecule has 31 heavy (non-hydrogen) atoms. The van der Waals surface area contributed by atoms with Crippen molar-refractivity contribution in [1.82, 2.24) is 9.78 Å². The van der Waals surface area contributed by atoms with E-state index >= 15 is 0 Å². The summed E-state index contributed by atoms with van der Waals surface area (Å²) in [5, 5.41) is 8.13. The Kier molecular flexibility index (Phi) is 7.35. The summed E-state index contributed by atoms with van der Waals surface area (Å²) in [7, 11) is 0. The van der Waals surface area contributed by atoms with E-state index in [0.717, 1.165) is 11.3 Å². The molecular formula is C21H19Cl2F2N3O3. The molecule has 0 aliphatic rings. The van der Waals surface area contributed by atoms with Crippen LogP contribution in [0.15, 0.2) is 42.5 Å². The number of hydrogen-bond donors (Lipinski definition) is 1. The topological polar surface area (TPSA) is 65.4 Å². The van der Waals surface area contributed by atoms with Crippen molar-refractivity contribution in [2.75, 3.05) is 11.9 Å². The Bertz CT molecular complexity index is 1090. The molecule has 0 fully saturated rings. The van der Waals surface area contributed by atoms with Crippen LogP contribution < -0.4 is 14.8 Å². The summed E-state index contributed by atoms with van der Waals surface area (Å²) in [5.41, 5.74) is 1.83. The van der Waals surface area contributed by atoms with Gasteiger partial charge in [-0.25, -0.2) is 0 Å². The van der Waals surface area contributed by atoms with Crippen molar-refractivity contribution in [3.63, 3.8) is 0 Å². The van der Waals surface area contributed by atoms with Gasteiger partial charge in [0.05, 0.1) is 13.2 Å². The predicted octanol–water partition coefficient (Wildman–Crippen LogP) is 5.80. The van der Waals surface area contributed by atoms with E-state index in [2.05, 4.69) is 15.2 Å². The van der Waals surface area contributed by atoms with Gasteiger partial charge in [-0.3, -0.25) is 9.48 Å². The fourth-order valence-electron chi connectivity index (χ4n) is 2.84. The van der Waals surface area contributed by atoms with E-state index in [1.165, 1.54) is 18.2 Å². The maximum atomic E-state index is 12.6. The highest BCUT2D eigenvalue weighted by molar-refractivity contribution is 6.35. The second kappa shape index (κ2) is 9.98. The van der Waals surface area contributed by atoms with E-state index < -0.39 is 12.5 Å². The largest absolute Gasteiger partial charge is 0.490 e. The number of anilines is 1. The quantitative estimate of drug-likeness (QED) is 0.452. The molecular weight excluding hydrogens is 451 g/mol. The van der Waals surface area contributed by atoms with Crippen molar-refractivity contribution in [1.29, 1.82) is 0 Å². The first-order valence-electron chi connectivity index (χ1n) is 9.28. The van der Waals surface area contributed by atoms with Gasteiger partial charge in [0.15, 0.2) is 17.3 Å². The summed E-state index contributed by atoms with van der Waals surface area (Å²) < 4.78 is 36.5. The number of rotatable bonds is 8. The lowest BCUT2D eigenvalue weighted by molar-refractivity contribution is -0.0514. The van der Waals surface area contributed by atoms with Gasteiger partial charge < -0.3 is 14.8 Å². The van der Waals surface area contributed by atoms with Crippen molar-refractivity contribution < 1.29 is 23.0 Å². The van der Waals surface area contributed by atoms with Crippen molar-refractivity contribution in [3.8, 4) is 11.5 Å². The second-order valence-corrected chi connectivity index (χ2v) is 7.34. The molecule has 1 N–H and O–H groups in total. The van der Waals surface area contributed by atoms with Crippen molar-refractivity contribution in [3.05, 3.63) is 69.3 Å². The normalized spacial score (nSPS) is 10.9. The highest BCUT2D eigenvalue weighted by Crippen LogP contribution is 2.30. The molecule has 0 unspecified atom stereocenters. The van der Waals surface area contributed by atoms with Gasteiger partial charge in [0.25, 0.3) is 5.91 Å². The van der Waals surface area contributed by atoms with Crippen LogP contribution in [0.25, 0.3) is 0 Å². The lowest BCUT2D eigenvalue weighted by Gasteiger charge is -2.12. The summed E-state index contributed by atoms with van der Waals surface area (Å²) in [6.45, 7) is 1.16. The highest BCUT2D eigenvalue weighted by Gasteiger charge is 2.16. The van der Waals surface area contributed by atoms with Crippen LogP contribution in [0.2, 0.25) is 10.0 Å². The number of nitrogens with zero attached hydrogens (tertiary/aromatic N) is 2. The molecule has 0 atom stereocenters. The van der Waals surface area contributed by atoms with Gasteiger partial charge in [0, 0.05) is 27.4 Å². The van der Waals surface area contributed by atoms with E-state index in [1.807, 2.05) is 13.0 Å². The van der Waals surface area contributed by atoms with E-state index in [-0.39, 0.29) is 23.7 Å². The van der Waals surface area contributed by atoms with Crippen LogP contribution in [0, 0.1) is 6.92 Å². The first-order valence-corrected chi connectivity index (χ1v) is 10.0. The van der Waals surface area contributed by atoms with Crippen molar-refractivity contribution >= 4 is 34.9 Å². The maximum absolute atomic E-state index is 12.6. The average Bonchev–Trinajstić information content (AvgIpc) is 3.04. The number of benzene rings is 2. The summed E-state index contributed by atoms with van der Waals surface area (Å²) in [6.07, 6.45) is 0. The van der Waals surface area contributed by atoms with Gasteiger partial charge in [0.2, 0.25) is 0 Å². The van der Waals surface area contributed by atoms with Crippen LogP contribution in [0.3, 0.4) is 0 Å².